The minimum Gasteiger partial charge on any atom is -0.481 e. The van der Waals surface area contributed by atoms with E-state index in [2.05, 4.69) is 24.0 Å². The normalized spacial score (nSPS) is 15.6. The third-order valence-corrected chi connectivity index (χ3v) is 7.00. The minimum atomic E-state index is -0.770. The molecule has 0 unspecified atom stereocenters. The third-order valence-electron chi connectivity index (χ3n) is 6.00. The molecule has 2 aromatic carbocycles. The van der Waals surface area contributed by atoms with Crippen LogP contribution in [0, 0.1) is 11.7 Å². The van der Waals surface area contributed by atoms with Gasteiger partial charge in [0.25, 0.3) is 0 Å². The summed E-state index contributed by atoms with van der Waals surface area (Å²) < 4.78 is 14.9. The standard InChI is InChI=1S/C25H22FN3O2S/c1-15(17-5-3-2-4-6-17)21-9-10-22-24(27-21)32-23(28-22)19-8-7-16(11-20(19)26)12-29-13-18(14-29)25(30)31/h2-11,15,18H,12-14H2,1H3,(H,30,31)/t15-/m1/s1. The van der Waals surface area contributed by atoms with E-state index in [0.29, 0.717) is 30.2 Å². The second kappa shape index (κ2) is 8.41. The van der Waals surface area contributed by atoms with Crippen molar-refractivity contribution in [3.8, 4) is 10.6 Å². The van der Waals surface area contributed by atoms with Crippen molar-refractivity contribution in [3.63, 3.8) is 0 Å². The maximum Gasteiger partial charge on any atom is 0.309 e. The second-order valence-electron chi connectivity index (χ2n) is 8.26. The fourth-order valence-electron chi connectivity index (χ4n) is 4.04. The van der Waals surface area contributed by atoms with E-state index in [9.17, 15) is 9.18 Å². The number of fused-ring (bicyclic) bond motifs is 1. The molecule has 32 heavy (non-hydrogen) atoms. The van der Waals surface area contributed by atoms with Crippen molar-refractivity contribution in [2.75, 3.05) is 13.1 Å². The van der Waals surface area contributed by atoms with Gasteiger partial charge in [-0.05, 0) is 35.4 Å². The zero-order valence-corrected chi connectivity index (χ0v) is 18.3. The summed E-state index contributed by atoms with van der Waals surface area (Å²) in [5.41, 5.74) is 4.21. The van der Waals surface area contributed by atoms with Crippen LogP contribution in [0.2, 0.25) is 0 Å². The first kappa shape index (κ1) is 20.7. The van der Waals surface area contributed by atoms with Gasteiger partial charge in [-0.1, -0.05) is 54.7 Å². The van der Waals surface area contributed by atoms with Crippen LogP contribution in [0.1, 0.15) is 29.7 Å². The maximum absolute atomic E-state index is 14.9. The number of carboxylic acid groups (broad SMARTS) is 1. The van der Waals surface area contributed by atoms with Crippen molar-refractivity contribution in [1.29, 1.82) is 0 Å². The van der Waals surface area contributed by atoms with E-state index in [1.165, 1.54) is 23.0 Å². The van der Waals surface area contributed by atoms with Gasteiger partial charge in [0.05, 0.1) is 5.92 Å². The van der Waals surface area contributed by atoms with E-state index in [0.717, 1.165) is 21.6 Å². The molecular formula is C25H22FN3O2S. The van der Waals surface area contributed by atoms with Gasteiger partial charge in [0.15, 0.2) is 0 Å². The number of benzene rings is 2. The molecule has 1 N–H and O–H groups in total. The number of halogens is 1. The smallest absolute Gasteiger partial charge is 0.309 e. The Hall–Kier alpha value is -3.16. The molecule has 0 amide bonds. The maximum atomic E-state index is 14.9. The number of aliphatic carboxylic acids is 1. The molecule has 0 bridgehead atoms. The number of carbonyl (C=O) groups is 1. The average Bonchev–Trinajstić information content (AvgIpc) is 3.18. The van der Waals surface area contributed by atoms with Crippen LogP contribution >= 0.6 is 11.3 Å². The van der Waals surface area contributed by atoms with E-state index in [1.54, 1.807) is 6.07 Å². The topological polar surface area (TPSA) is 66.3 Å². The highest BCUT2D eigenvalue weighted by Gasteiger charge is 2.32. The molecule has 0 saturated carbocycles. The van der Waals surface area contributed by atoms with Gasteiger partial charge in [-0.2, -0.15) is 0 Å². The van der Waals surface area contributed by atoms with Crippen LogP contribution in [-0.4, -0.2) is 39.0 Å². The number of likely N-dealkylation sites (tertiary alicyclic amines) is 1. The largest absolute Gasteiger partial charge is 0.481 e. The van der Waals surface area contributed by atoms with Gasteiger partial charge in [-0.25, -0.2) is 14.4 Å². The predicted octanol–water partition coefficient (Wildman–Crippen LogP) is 5.17. The number of hydrogen-bond donors (Lipinski definition) is 1. The molecule has 0 aliphatic carbocycles. The molecule has 0 spiro atoms. The highest BCUT2D eigenvalue weighted by molar-refractivity contribution is 7.21. The summed E-state index contributed by atoms with van der Waals surface area (Å²) in [5.74, 6) is -1.25. The Morgan fingerprint density at radius 2 is 1.94 bits per heavy atom. The van der Waals surface area contributed by atoms with E-state index in [1.807, 2.05) is 41.3 Å². The van der Waals surface area contributed by atoms with Gasteiger partial charge in [0.2, 0.25) is 0 Å². The molecule has 2 aromatic heterocycles. The lowest BCUT2D eigenvalue weighted by Gasteiger charge is -2.36. The summed E-state index contributed by atoms with van der Waals surface area (Å²) in [6.45, 7) is 3.68. The van der Waals surface area contributed by atoms with Crippen molar-refractivity contribution in [2.24, 2.45) is 5.92 Å². The van der Waals surface area contributed by atoms with Crippen molar-refractivity contribution in [1.82, 2.24) is 14.9 Å². The number of hydrogen-bond acceptors (Lipinski definition) is 5. The van der Waals surface area contributed by atoms with E-state index in [-0.39, 0.29) is 17.7 Å². The summed E-state index contributed by atoms with van der Waals surface area (Å²) >= 11 is 1.39. The van der Waals surface area contributed by atoms with Crippen LogP contribution in [0.5, 0.6) is 0 Å². The summed E-state index contributed by atoms with van der Waals surface area (Å²) in [6, 6.07) is 19.3. The Morgan fingerprint density at radius 1 is 1.16 bits per heavy atom. The van der Waals surface area contributed by atoms with Crippen LogP contribution in [0.25, 0.3) is 20.9 Å². The molecule has 5 rings (SSSR count). The lowest BCUT2D eigenvalue weighted by molar-refractivity contribution is -0.147. The molecule has 1 saturated heterocycles. The molecule has 1 aliphatic heterocycles. The Morgan fingerprint density at radius 3 is 2.66 bits per heavy atom. The first-order valence-electron chi connectivity index (χ1n) is 10.5. The molecule has 1 aliphatic rings. The van der Waals surface area contributed by atoms with Gasteiger partial charge in [0.1, 0.15) is 21.2 Å². The van der Waals surface area contributed by atoms with Crippen molar-refractivity contribution in [2.45, 2.75) is 19.4 Å². The van der Waals surface area contributed by atoms with Crippen molar-refractivity contribution in [3.05, 3.63) is 83.3 Å². The molecule has 4 aromatic rings. The highest BCUT2D eigenvalue weighted by atomic mass is 32.1. The Balaban J connectivity index is 1.36. The summed E-state index contributed by atoms with van der Waals surface area (Å²) in [4.78, 5) is 23.1. The second-order valence-corrected chi connectivity index (χ2v) is 9.23. The number of carboxylic acids is 1. The summed E-state index contributed by atoms with van der Waals surface area (Å²) in [7, 11) is 0. The lowest BCUT2D eigenvalue weighted by atomic mass is 9.97. The Bertz CT molecular complexity index is 1290. The molecule has 1 fully saturated rings. The van der Waals surface area contributed by atoms with Crippen LogP contribution in [-0.2, 0) is 11.3 Å². The zero-order valence-electron chi connectivity index (χ0n) is 17.5. The Labute approximate surface area is 189 Å². The van der Waals surface area contributed by atoms with Crippen molar-refractivity contribution >= 4 is 27.7 Å². The van der Waals surface area contributed by atoms with Crippen molar-refractivity contribution < 1.29 is 14.3 Å². The Kier molecular flexibility index (Phi) is 5.45. The molecule has 3 heterocycles. The van der Waals surface area contributed by atoms with Gasteiger partial charge in [0, 0.05) is 36.8 Å². The third kappa shape index (κ3) is 4.01. The SMILES string of the molecule is C[C@H](c1ccccc1)c1ccc2nc(-c3ccc(CN4CC(C(=O)O)C4)cc3F)sc2n1. The first-order valence-corrected chi connectivity index (χ1v) is 11.4. The molecule has 0 radical (unpaired) electrons. The number of thiazole rings is 1. The quantitative estimate of drug-likeness (QED) is 0.442. The number of pyridine rings is 1. The van der Waals surface area contributed by atoms with Crippen LogP contribution in [0.15, 0.2) is 60.7 Å². The molecule has 1 atom stereocenters. The van der Waals surface area contributed by atoms with Gasteiger partial charge >= 0.3 is 5.97 Å². The zero-order chi connectivity index (χ0) is 22.2. The fraction of sp³-hybridized carbons (Fsp3) is 0.240. The van der Waals surface area contributed by atoms with Gasteiger partial charge in [-0.3, -0.25) is 9.69 Å². The minimum absolute atomic E-state index is 0.157. The molecular weight excluding hydrogens is 425 g/mol. The van der Waals surface area contributed by atoms with E-state index >= 15 is 0 Å². The summed E-state index contributed by atoms with van der Waals surface area (Å²) in [6.07, 6.45) is 0. The summed E-state index contributed by atoms with van der Waals surface area (Å²) in [5, 5.41) is 9.60. The molecule has 5 nitrogen and oxygen atoms in total. The predicted molar refractivity (Wildman–Crippen MR) is 123 cm³/mol. The van der Waals surface area contributed by atoms with Gasteiger partial charge in [-0.15, -0.1) is 0 Å². The number of nitrogens with zero attached hydrogens (tertiary/aromatic N) is 3. The van der Waals surface area contributed by atoms with Crippen LogP contribution in [0.4, 0.5) is 4.39 Å². The monoisotopic (exact) mass is 447 g/mol. The van der Waals surface area contributed by atoms with E-state index < -0.39 is 5.97 Å². The van der Waals surface area contributed by atoms with Gasteiger partial charge < -0.3 is 5.11 Å². The molecule has 7 heteroatoms. The first-order chi connectivity index (χ1) is 15.5. The van der Waals surface area contributed by atoms with Crippen LogP contribution in [0.3, 0.4) is 0 Å². The number of aromatic nitrogens is 2. The van der Waals surface area contributed by atoms with Crippen LogP contribution < -0.4 is 0 Å². The average molecular weight is 448 g/mol. The number of rotatable bonds is 6. The highest BCUT2D eigenvalue weighted by Crippen LogP contribution is 2.33. The lowest BCUT2D eigenvalue weighted by Crippen LogP contribution is -2.49. The molecule has 162 valence electrons. The fourth-order valence-corrected chi connectivity index (χ4v) is 5.02. The van der Waals surface area contributed by atoms with E-state index in [4.69, 9.17) is 10.1 Å².